The van der Waals surface area contributed by atoms with Gasteiger partial charge in [0.05, 0.1) is 9.82 Å². The molecule has 178 valence electrons. The Morgan fingerprint density at radius 2 is 1.76 bits per heavy atom. The van der Waals surface area contributed by atoms with E-state index in [1.165, 1.54) is 16.6 Å². The van der Waals surface area contributed by atoms with Crippen LogP contribution in [0.4, 0.5) is 11.4 Å². The largest absolute Gasteiger partial charge is 0.363 e. The number of nitro groups is 1. The molecule has 10 nitrogen and oxygen atoms in total. The van der Waals surface area contributed by atoms with Crippen molar-refractivity contribution < 1.29 is 18.1 Å². The van der Waals surface area contributed by atoms with Crippen molar-refractivity contribution in [2.75, 3.05) is 31.1 Å². The molecule has 0 amide bonds. The number of benzene rings is 2. The van der Waals surface area contributed by atoms with Crippen LogP contribution in [0.5, 0.6) is 0 Å². The number of aryl methyl sites for hydroxylation is 3. The third-order valence-corrected chi connectivity index (χ3v) is 8.04. The van der Waals surface area contributed by atoms with Crippen molar-refractivity contribution in [3.05, 3.63) is 81.4 Å². The first-order chi connectivity index (χ1) is 16.1. The number of hydrogen-bond acceptors (Lipinski definition) is 7. The van der Waals surface area contributed by atoms with Crippen LogP contribution in [0.3, 0.4) is 0 Å². The number of carbonyl (C=O) groups is 1. The van der Waals surface area contributed by atoms with Crippen molar-refractivity contribution in [1.29, 1.82) is 0 Å². The Hall–Kier alpha value is -3.57. The van der Waals surface area contributed by atoms with Crippen LogP contribution < -0.4 is 4.90 Å². The van der Waals surface area contributed by atoms with Crippen LogP contribution in [0.1, 0.15) is 27.3 Å². The van der Waals surface area contributed by atoms with Crippen LogP contribution in [-0.4, -0.2) is 59.2 Å². The van der Waals surface area contributed by atoms with Gasteiger partial charge in [-0.3, -0.25) is 14.9 Å². The van der Waals surface area contributed by atoms with E-state index >= 15 is 0 Å². The highest BCUT2D eigenvalue weighted by atomic mass is 32.2. The molecule has 0 aliphatic carbocycles. The third-order valence-electron chi connectivity index (χ3n) is 6.00. The molecule has 1 saturated heterocycles. The number of anilines is 1. The summed E-state index contributed by atoms with van der Waals surface area (Å²) in [6, 6.07) is 9.66. The second-order valence-corrected chi connectivity index (χ2v) is 10.2. The number of carbonyl (C=O) groups excluding carboxylic acids is 1. The maximum atomic E-state index is 13.2. The van der Waals surface area contributed by atoms with Gasteiger partial charge in [-0.1, -0.05) is 12.1 Å². The highest BCUT2D eigenvalue weighted by Crippen LogP contribution is 2.32. The molecule has 2 heterocycles. The van der Waals surface area contributed by atoms with Gasteiger partial charge in [0.2, 0.25) is 15.8 Å². The van der Waals surface area contributed by atoms with Crippen LogP contribution in [0.25, 0.3) is 0 Å². The molecular formula is C23H25N5O5S. The van der Waals surface area contributed by atoms with Gasteiger partial charge in [-0.25, -0.2) is 13.4 Å². The van der Waals surface area contributed by atoms with Gasteiger partial charge in [-0.05, 0) is 43.2 Å². The molecular weight excluding hydrogens is 458 g/mol. The molecule has 0 bridgehead atoms. The third kappa shape index (κ3) is 4.31. The van der Waals surface area contributed by atoms with Gasteiger partial charge in [0, 0.05) is 57.3 Å². The SMILES string of the molecule is Cc1ccc(C)c(S(=O)(=O)N2CCN(c3ccc(C(=O)c4nccn4C)cc3[N+](=O)[O-])CC2)c1. The summed E-state index contributed by atoms with van der Waals surface area (Å²) in [5, 5.41) is 11.8. The van der Waals surface area contributed by atoms with Crippen LogP contribution in [0.15, 0.2) is 53.7 Å². The predicted molar refractivity (Wildman–Crippen MR) is 127 cm³/mol. The lowest BCUT2D eigenvalue weighted by atomic mass is 10.1. The van der Waals surface area contributed by atoms with Crippen molar-refractivity contribution >= 4 is 27.2 Å². The zero-order valence-corrected chi connectivity index (χ0v) is 19.9. The fourth-order valence-corrected chi connectivity index (χ4v) is 5.82. The molecule has 0 spiro atoms. The van der Waals surface area contributed by atoms with Crippen LogP contribution >= 0.6 is 0 Å². The molecule has 0 atom stereocenters. The first-order valence-electron chi connectivity index (χ1n) is 10.7. The van der Waals surface area contributed by atoms with Gasteiger partial charge in [0.1, 0.15) is 5.69 Å². The summed E-state index contributed by atoms with van der Waals surface area (Å²) in [5.74, 6) is -0.223. The molecule has 0 radical (unpaired) electrons. The Morgan fingerprint density at radius 3 is 2.38 bits per heavy atom. The van der Waals surface area contributed by atoms with Crippen LogP contribution in [0, 0.1) is 24.0 Å². The molecule has 4 rings (SSSR count). The van der Waals surface area contributed by atoms with Crippen molar-refractivity contribution in [3.63, 3.8) is 0 Å². The predicted octanol–water partition coefficient (Wildman–Crippen LogP) is 2.69. The highest BCUT2D eigenvalue weighted by molar-refractivity contribution is 7.89. The van der Waals surface area contributed by atoms with Crippen LogP contribution in [-0.2, 0) is 17.1 Å². The minimum absolute atomic E-state index is 0.167. The summed E-state index contributed by atoms with van der Waals surface area (Å²) < 4.78 is 29.4. The van der Waals surface area contributed by atoms with E-state index in [0.717, 1.165) is 5.56 Å². The minimum atomic E-state index is -3.68. The second-order valence-electron chi connectivity index (χ2n) is 8.31. The molecule has 1 fully saturated rings. The normalized spacial score (nSPS) is 14.9. The summed E-state index contributed by atoms with van der Waals surface area (Å²) in [6.45, 7) is 4.58. The molecule has 0 N–H and O–H groups in total. The van der Waals surface area contributed by atoms with Gasteiger partial charge in [0.25, 0.3) is 5.69 Å². The number of imidazole rings is 1. The summed E-state index contributed by atoms with van der Waals surface area (Å²) in [5.41, 5.74) is 1.85. The smallest absolute Gasteiger partial charge is 0.293 e. The maximum absolute atomic E-state index is 13.2. The standard InChI is InChI=1S/C23H25N5O5S/c1-16-4-5-17(2)21(14-16)34(32,33)27-12-10-26(11-13-27)19-7-6-18(15-20(19)28(30)31)22(29)23-24-8-9-25(23)3/h4-9,14-15H,10-13H2,1-3H3. The van der Waals surface area contributed by atoms with E-state index in [4.69, 9.17) is 0 Å². The Bertz CT molecular complexity index is 1370. The average molecular weight is 484 g/mol. The average Bonchev–Trinajstić information content (AvgIpc) is 3.25. The van der Waals surface area contributed by atoms with Gasteiger partial charge in [0.15, 0.2) is 5.82 Å². The molecule has 34 heavy (non-hydrogen) atoms. The van der Waals surface area contributed by atoms with E-state index in [2.05, 4.69) is 4.98 Å². The van der Waals surface area contributed by atoms with E-state index in [9.17, 15) is 23.3 Å². The van der Waals surface area contributed by atoms with Crippen LogP contribution in [0.2, 0.25) is 0 Å². The summed E-state index contributed by atoms with van der Waals surface area (Å²) >= 11 is 0. The van der Waals surface area contributed by atoms with Gasteiger partial charge in [-0.2, -0.15) is 4.31 Å². The highest BCUT2D eigenvalue weighted by Gasteiger charge is 2.32. The Labute approximate surface area is 197 Å². The van der Waals surface area contributed by atoms with Crippen molar-refractivity contribution in [2.24, 2.45) is 7.05 Å². The van der Waals surface area contributed by atoms with Crippen molar-refractivity contribution in [1.82, 2.24) is 13.9 Å². The molecule has 3 aromatic rings. The van der Waals surface area contributed by atoms with E-state index in [1.54, 1.807) is 53.9 Å². The Kier molecular flexibility index (Phi) is 6.24. The quantitative estimate of drug-likeness (QED) is 0.300. The first-order valence-corrected chi connectivity index (χ1v) is 12.2. The zero-order valence-electron chi connectivity index (χ0n) is 19.1. The molecule has 2 aromatic carbocycles. The van der Waals surface area contributed by atoms with Crippen molar-refractivity contribution in [3.8, 4) is 0 Å². The Balaban J connectivity index is 1.56. The molecule has 1 aliphatic rings. The van der Waals surface area contributed by atoms with Gasteiger partial charge in [-0.15, -0.1) is 0 Å². The summed E-state index contributed by atoms with van der Waals surface area (Å²) in [4.78, 5) is 30.1. The lowest BCUT2D eigenvalue weighted by molar-refractivity contribution is -0.384. The topological polar surface area (TPSA) is 119 Å². The van der Waals surface area contributed by atoms with E-state index in [1.807, 2.05) is 13.0 Å². The Morgan fingerprint density at radius 1 is 1.06 bits per heavy atom. The molecule has 1 aromatic heterocycles. The van der Waals surface area contributed by atoms with Gasteiger partial charge < -0.3 is 9.47 Å². The minimum Gasteiger partial charge on any atom is -0.363 e. The number of hydrogen-bond donors (Lipinski definition) is 0. The number of piperazine rings is 1. The number of sulfonamides is 1. The maximum Gasteiger partial charge on any atom is 0.293 e. The second kappa shape index (κ2) is 8.99. The lowest BCUT2D eigenvalue weighted by Crippen LogP contribution is -2.49. The number of ketones is 1. The molecule has 0 unspecified atom stereocenters. The zero-order chi connectivity index (χ0) is 24.6. The number of rotatable bonds is 6. The number of nitro benzene ring substituents is 1. The molecule has 11 heteroatoms. The number of aromatic nitrogens is 2. The van der Waals surface area contributed by atoms with E-state index < -0.39 is 20.7 Å². The number of nitrogens with zero attached hydrogens (tertiary/aromatic N) is 5. The lowest BCUT2D eigenvalue weighted by Gasteiger charge is -2.35. The van der Waals surface area contributed by atoms with Gasteiger partial charge >= 0.3 is 0 Å². The van der Waals surface area contributed by atoms with E-state index in [-0.39, 0.29) is 48.1 Å². The summed E-state index contributed by atoms with van der Waals surface area (Å²) in [7, 11) is -2.00. The monoisotopic (exact) mass is 483 g/mol. The fraction of sp³-hybridized carbons (Fsp3) is 0.304. The van der Waals surface area contributed by atoms with E-state index in [0.29, 0.717) is 11.3 Å². The fourth-order valence-electron chi connectivity index (χ4n) is 4.09. The molecule has 0 saturated carbocycles. The first kappa shape index (κ1) is 23.6. The van der Waals surface area contributed by atoms with Crippen molar-refractivity contribution in [2.45, 2.75) is 18.7 Å². The molecule has 1 aliphatic heterocycles. The summed E-state index contributed by atoms with van der Waals surface area (Å²) in [6.07, 6.45) is 3.11.